The minimum absolute atomic E-state index is 0.147. The van der Waals surface area contributed by atoms with Gasteiger partial charge in [-0.1, -0.05) is 11.6 Å². The minimum atomic E-state index is -0.602. The highest BCUT2D eigenvalue weighted by Crippen LogP contribution is 2.28. The Labute approximate surface area is 145 Å². The molecule has 9 heteroatoms. The average molecular weight is 402 g/mol. The highest BCUT2D eigenvalue weighted by atomic mass is 79.9. The summed E-state index contributed by atoms with van der Waals surface area (Å²) in [5, 5.41) is 18.0. The number of nitro benzene ring substituents is 1. The van der Waals surface area contributed by atoms with Crippen LogP contribution in [0.4, 0.5) is 11.4 Å². The summed E-state index contributed by atoms with van der Waals surface area (Å²) < 4.78 is 2.42. The first kappa shape index (κ1) is 17.4. The maximum absolute atomic E-state index is 12.4. The van der Waals surface area contributed by atoms with Gasteiger partial charge in [-0.25, -0.2) is 0 Å². The van der Waals surface area contributed by atoms with E-state index in [0.29, 0.717) is 0 Å². The number of halogens is 2. The summed E-state index contributed by atoms with van der Waals surface area (Å²) >= 11 is 9.40. The second kappa shape index (κ2) is 6.67. The number of nitrogens with one attached hydrogen (secondary N) is 1. The van der Waals surface area contributed by atoms with Gasteiger partial charge in [-0.2, -0.15) is 5.10 Å². The van der Waals surface area contributed by atoms with E-state index >= 15 is 0 Å². The van der Waals surface area contributed by atoms with Crippen LogP contribution in [-0.4, -0.2) is 20.6 Å². The summed E-state index contributed by atoms with van der Waals surface area (Å²) in [6, 6.07) is 3.28. The summed E-state index contributed by atoms with van der Waals surface area (Å²) in [7, 11) is 0. The Morgan fingerprint density at radius 1 is 1.48 bits per heavy atom. The summed E-state index contributed by atoms with van der Waals surface area (Å²) in [5.74, 6) is -0.370. The van der Waals surface area contributed by atoms with Crippen LogP contribution < -0.4 is 5.32 Å². The van der Waals surface area contributed by atoms with Crippen LogP contribution in [0, 0.1) is 24.0 Å². The Balaban J connectivity index is 2.26. The topological polar surface area (TPSA) is 90.1 Å². The molecule has 1 heterocycles. The number of nitro groups is 1. The fourth-order valence-corrected chi connectivity index (χ4v) is 2.52. The van der Waals surface area contributed by atoms with Crippen LogP contribution in [0.2, 0.25) is 5.02 Å². The zero-order valence-corrected chi connectivity index (χ0v) is 15.0. The van der Waals surface area contributed by atoms with E-state index in [1.807, 2.05) is 13.8 Å². The van der Waals surface area contributed by atoms with E-state index in [2.05, 4.69) is 26.3 Å². The molecule has 0 saturated heterocycles. The van der Waals surface area contributed by atoms with Gasteiger partial charge in [-0.05, 0) is 42.8 Å². The molecular weight excluding hydrogens is 388 g/mol. The van der Waals surface area contributed by atoms with Gasteiger partial charge in [0.1, 0.15) is 6.04 Å². The molecule has 1 aromatic heterocycles. The second-order valence-electron chi connectivity index (χ2n) is 5.02. The first-order valence-corrected chi connectivity index (χ1v) is 7.85. The molecule has 2 rings (SSSR count). The van der Waals surface area contributed by atoms with Crippen molar-refractivity contribution in [3.63, 3.8) is 0 Å². The Morgan fingerprint density at radius 2 is 2.13 bits per heavy atom. The van der Waals surface area contributed by atoms with Gasteiger partial charge in [0.05, 0.1) is 31.5 Å². The number of hydrogen-bond acceptors (Lipinski definition) is 4. The van der Waals surface area contributed by atoms with Crippen LogP contribution >= 0.6 is 27.5 Å². The predicted molar refractivity (Wildman–Crippen MR) is 90.8 cm³/mol. The number of amides is 1. The fourth-order valence-electron chi connectivity index (χ4n) is 2.09. The fraction of sp³-hybridized carbons (Fsp3) is 0.286. The van der Waals surface area contributed by atoms with Crippen molar-refractivity contribution < 1.29 is 9.72 Å². The normalized spacial score (nSPS) is 12.0. The molecule has 0 radical (unpaired) electrons. The molecule has 0 fully saturated rings. The molecular formula is C14H14BrClN4O3. The van der Waals surface area contributed by atoms with Crippen LogP contribution in [0.25, 0.3) is 0 Å². The zero-order valence-electron chi connectivity index (χ0n) is 12.6. The number of non-ortho nitro benzene ring substituents is 1. The van der Waals surface area contributed by atoms with Crippen LogP contribution in [0.5, 0.6) is 0 Å². The Morgan fingerprint density at radius 3 is 2.65 bits per heavy atom. The van der Waals surface area contributed by atoms with Crippen molar-refractivity contribution in [1.82, 2.24) is 9.78 Å². The third-order valence-corrected chi connectivity index (χ3v) is 4.88. The number of hydrogen-bond donors (Lipinski definition) is 1. The maximum Gasteiger partial charge on any atom is 0.271 e. The van der Waals surface area contributed by atoms with Gasteiger partial charge in [-0.15, -0.1) is 0 Å². The molecule has 7 nitrogen and oxygen atoms in total. The number of benzene rings is 1. The van der Waals surface area contributed by atoms with E-state index in [4.69, 9.17) is 11.6 Å². The molecule has 1 N–H and O–H groups in total. The molecule has 0 aliphatic rings. The highest BCUT2D eigenvalue weighted by Gasteiger charge is 2.21. The van der Waals surface area contributed by atoms with E-state index in [1.165, 1.54) is 18.2 Å². The van der Waals surface area contributed by atoms with Crippen molar-refractivity contribution in [2.24, 2.45) is 0 Å². The van der Waals surface area contributed by atoms with Gasteiger partial charge in [0.15, 0.2) is 0 Å². The molecule has 122 valence electrons. The van der Waals surface area contributed by atoms with Crippen molar-refractivity contribution in [2.75, 3.05) is 5.32 Å². The highest BCUT2D eigenvalue weighted by molar-refractivity contribution is 9.10. The first-order chi connectivity index (χ1) is 10.7. The van der Waals surface area contributed by atoms with E-state index in [0.717, 1.165) is 15.9 Å². The summed E-state index contributed by atoms with van der Waals surface area (Å²) in [4.78, 5) is 22.7. The van der Waals surface area contributed by atoms with E-state index < -0.39 is 11.0 Å². The van der Waals surface area contributed by atoms with Crippen LogP contribution in [-0.2, 0) is 4.79 Å². The molecule has 0 saturated carbocycles. The number of aromatic nitrogens is 2. The number of carbonyl (C=O) groups is 1. The molecule has 1 amide bonds. The van der Waals surface area contributed by atoms with Crippen LogP contribution in [0.1, 0.15) is 24.4 Å². The Kier molecular flexibility index (Phi) is 5.06. The summed E-state index contributed by atoms with van der Waals surface area (Å²) in [5.41, 5.74) is 1.63. The van der Waals surface area contributed by atoms with Crippen LogP contribution in [0.15, 0.2) is 22.7 Å². The largest absolute Gasteiger partial charge is 0.323 e. The lowest BCUT2D eigenvalue weighted by molar-refractivity contribution is -0.384. The maximum atomic E-state index is 12.4. The second-order valence-corrected chi connectivity index (χ2v) is 6.22. The monoisotopic (exact) mass is 400 g/mol. The van der Waals surface area contributed by atoms with E-state index in [1.54, 1.807) is 11.6 Å². The molecule has 2 aromatic rings. The molecule has 0 aliphatic heterocycles. The Bertz CT molecular complexity index is 791. The van der Waals surface area contributed by atoms with Gasteiger partial charge < -0.3 is 5.32 Å². The predicted octanol–water partition coefficient (Wildman–Crippen LogP) is 4.02. The van der Waals surface area contributed by atoms with Crippen molar-refractivity contribution in [2.45, 2.75) is 26.8 Å². The van der Waals surface area contributed by atoms with Gasteiger partial charge in [-0.3, -0.25) is 19.6 Å². The number of rotatable bonds is 4. The first-order valence-electron chi connectivity index (χ1n) is 6.68. The van der Waals surface area contributed by atoms with Crippen molar-refractivity contribution in [3.05, 3.63) is 49.2 Å². The smallest absolute Gasteiger partial charge is 0.271 e. The lowest BCUT2D eigenvalue weighted by Gasteiger charge is -2.15. The van der Waals surface area contributed by atoms with Crippen molar-refractivity contribution in [3.8, 4) is 0 Å². The van der Waals surface area contributed by atoms with Gasteiger partial charge in [0.2, 0.25) is 5.91 Å². The molecule has 1 unspecified atom stereocenters. The van der Waals surface area contributed by atoms with Gasteiger partial charge in [0.25, 0.3) is 5.69 Å². The SMILES string of the molecule is Cc1nn(C(C)C(=O)Nc2cc([N+](=O)[O-])ccc2Cl)c(C)c1Br. The van der Waals surface area contributed by atoms with E-state index in [-0.39, 0.29) is 22.3 Å². The molecule has 1 aromatic carbocycles. The number of nitrogens with zero attached hydrogens (tertiary/aromatic N) is 3. The molecule has 1 atom stereocenters. The van der Waals surface area contributed by atoms with Gasteiger partial charge >= 0.3 is 0 Å². The quantitative estimate of drug-likeness (QED) is 0.619. The third kappa shape index (κ3) is 3.53. The molecule has 0 aliphatic carbocycles. The summed E-state index contributed by atoms with van der Waals surface area (Å²) in [6.07, 6.45) is 0. The zero-order chi connectivity index (χ0) is 17.3. The number of anilines is 1. The summed E-state index contributed by atoms with van der Waals surface area (Å²) in [6.45, 7) is 5.36. The van der Waals surface area contributed by atoms with E-state index in [9.17, 15) is 14.9 Å². The van der Waals surface area contributed by atoms with Gasteiger partial charge in [0, 0.05) is 12.1 Å². The molecule has 0 bridgehead atoms. The van der Waals surface area contributed by atoms with Crippen LogP contribution in [0.3, 0.4) is 0 Å². The van der Waals surface area contributed by atoms with Crippen molar-refractivity contribution >= 4 is 44.8 Å². The number of aryl methyl sites for hydroxylation is 1. The molecule has 23 heavy (non-hydrogen) atoms. The minimum Gasteiger partial charge on any atom is -0.323 e. The lowest BCUT2D eigenvalue weighted by atomic mass is 10.2. The standard InChI is InChI=1S/C14H14BrClN4O3/c1-7-13(15)8(2)19(18-7)9(3)14(21)17-12-6-10(20(22)23)4-5-11(12)16/h4-6,9H,1-3H3,(H,17,21). The molecule has 0 spiro atoms. The lowest BCUT2D eigenvalue weighted by Crippen LogP contribution is -2.25. The Hall–Kier alpha value is -1.93. The number of carbonyl (C=O) groups excluding carboxylic acids is 1. The average Bonchev–Trinajstić information content (AvgIpc) is 2.76. The van der Waals surface area contributed by atoms with Crippen molar-refractivity contribution in [1.29, 1.82) is 0 Å². The third-order valence-electron chi connectivity index (χ3n) is 3.40.